The monoisotopic (exact) mass is 211 g/mol. The summed E-state index contributed by atoms with van der Waals surface area (Å²) in [5.41, 5.74) is 0.686. The Kier molecular flexibility index (Phi) is 2.84. The maximum Gasteiger partial charge on any atom is 0.219 e. The number of ketones is 1. The van der Waals surface area contributed by atoms with E-state index in [-0.39, 0.29) is 11.5 Å². The Bertz CT molecular complexity index is 509. The van der Waals surface area contributed by atoms with E-state index in [1.165, 1.54) is 6.26 Å². The molecule has 2 rings (SSSR count). The topological polar surface area (TPSA) is 54.0 Å². The van der Waals surface area contributed by atoms with Gasteiger partial charge in [0.05, 0.1) is 12.3 Å². The molecule has 0 aliphatic carbocycles. The third-order valence-electron chi connectivity index (χ3n) is 2.29. The van der Waals surface area contributed by atoms with E-state index in [2.05, 4.69) is 0 Å². The van der Waals surface area contributed by atoms with Crippen LogP contribution >= 0.6 is 0 Å². The number of Topliss-reactive ketones (excluding diaryl/α,β-unsaturated/α-hetero) is 1. The second kappa shape index (κ2) is 4.45. The van der Waals surface area contributed by atoms with Gasteiger partial charge in [0.1, 0.15) is 5.92 Å². The Morgan fingerprint density at radius 2 is 1.94 bits per heavy atom. The van der Waals surface area contributed by atoms with Gasteiger partial charge < -0.3 is 4.42 Å². The molecule has 1 aromatic carbocycles. The first-order valence-electron chi connectivity index (χ1n) is 4.85. The normalized spacial score (nSPS) is 11.7. The van der Waals surface area contributed by atoms with Gasteiger partial charge in [0.15, 0.2) is 5.76 Å². The van der Waals surface area contributed by atoms with Crippen molar-refractivity contribution in [3.05, 3.63) is 60.1 Å². The zero-order valence-electron chi connectivity index (χ0n) is 8.46. The van der Waals surface area contributed by atoms with Crippen LogP contribution in [-0.2, 0) is 0 Å². The molecule has 0 amide bonds. The van der Waals surface area contributed by atoms with Gasteiger partial charge in [-0.25, -0.2) is 0 Å². The summed E-state index contributed by atoms with van der Waals surface area (Å²) in [5.74, 6) is -0.888. The minimum atomic E-state index is -0.799. The molecule has 0 unspecified atom stereocenters. The van der Waals surface area contributed by atoms with Crippen LogP contribution in [0.4, 0.5) is 0 Å². The van der Waals surface area contributed by atoms with E-state index in [1.54, 1.807) is 36.4 Å². The lowest BCUT2D eigenvalue weighted by atomic mass is 9.95. The smallest absolute Gasteiger partial charge is 0.219 e. The number of nitriles is 1. The number of benzene rings is 1. The largest absolute Gasteiger partial charge is 0.461 e. The van der Waals surface area contributed by atoms with Gasteiger partial charge in [0.2, 0.25) is 5.78 Å². The number of furan rings is 1. The second-order valence-corrected chi connectivity index (χ2v) is 3.31. The molecule has 0 saturated carbocycles. The van der Waals surface area contributed by atoms with Crippen molar-refractivity contribution < 1.29 is 9.21 Å². The predicted octanol–water partition coefficient (Wildman–Crippen LogP) is 2.77. The summed E-state index contributed by atoms with van der Waals surface area (Å²) >= 11 is 0. The van der Waals surface area contributed by atoms with E-state index in [1.807, 2.05) is 12.1 Å². The number of hydrogen-bond acceptors (Lipinski definition) is 3. The minimum absolute atomic E-state index is 0.218. The third-order valence-corrected chi connectivity index (χ3v) is 2.29. The van der Waals surface area contributed by atoms with Crippen molar-refractivity contribution in [1.29, 1.82) is 5.26 Å². The molecule has 0 saturated heterocycles. The summed E-state index contributed by atoms with van der Waals surface area (Å²) in [5, 5.41) is 9.04. The summed E-state index contributed by atoms with van der Waals surface area (Å²) in [4.78, 5) is 11.9. The van der Waals surface area contributed by atoms with Gasteiger partial charge in [-0.05, 0) is 17.7 Å². The summed E-state index contributed by atoms with van der Waals surface area (Å²) in [6.07, 6.45) is 1.42. The molecule has 0 spiro atoms. The maximum absolute atomic E-state index is 11.9. The van der Waals surface area contributed by atoms with Crippen molar-refractivity contribution in [2.75, 3.05) is 0 Å². The zero-order valence-corrected chi connectivity index (χ0v) is 8.46. The van der Waals surface area contributed by atoms with Crippen LogP contribution in [0.25, 0.3) is 0 Å². The van der Waals surface area contributed by atoms with E-state index in [9.17, 15) is 4.79 Å². The van der Waals surface area contributed by atoms with E-state index in [0.717, 1.165) is 0 Å². The van der Waals surface area contributed by atoms with Gasteiger partial charge in [0.25, 0.3) is 0 Å². The van der Waals surface area contributed by atoms with Crippen LogP contribution in [0, 0.1) is 11.3 Å². The molecule has 3 heteroatoms. The highest BCUT2D eigenvalue weighted by Gasteiger charge is 2.23. The average Bonchev–Trinajstić information content (AvgIpc) is 2.85. The molecule has 1 atom stereocenters. The number of carbonyl (C=O) groups excluding carboxylic acids is 1. The van der Waals surface area contributed by atoms with Crippen molar-refractivity contribution in [3.63, 3.8) is 0 Å². The summed E-state index contributed by atoms with van der Waals surface area (Å²) in [7, 11) is 0. The molecular weight excluding hydrogens is 202 g/mol. The van der Waals surface area contributed by atoms with E-state index in [0.29, 0.717) is 5.56 Å². The Morgan fingerprint density at radius 1 is 1.19 bits per heavy atom. The van der Waals surface area contributed by atoms with Crippen molar-refractivity contribution in [3.8, 4) is 6.07 Å². The van der Waals surface area contributed by atoms with Crippen LogP contribution in [-0.4, -0.2) is 5.78 Å². The molecule has 0 radical (unpaired) electrons. The highest BCUT2D eigenvalue weighted by atomic mass is 16.3. The fourth-order valence-corrected chi connectivity index (χ4v) is 1.49. The van der Waals surface area contributed by atoms with Crippen molar-refractivity contribution in [1.82, 2.24) is 0 Å². The van der Waals surface area contributed by atoms with E-state index >= 15 is 0 Å². The average molecular weight is 211 g/mol. The first kappa shape index (κ1) is 10.2. The summed E-state index contributed by atoms with van der Waals surface area (Å²) in [6, 6.07) is 14.2. The zero-order chi connectivity index (χ0) is 11.4. The fourth-order valence-electron chi connectivity index (χ4n) is 1.49. The van der Waals surface area contributed by atoms with Crippen LogP contribution in [0.15, 0.2) is 53.1 Å². The molecule has 2 aromatic rings. The number of carbonyl (C=O) groups is 1. The second-order valence-electron chi connectivity index (χ2n) is 3.31. The van der Waals surface area contributed by atoms with E-state index in [4.69, 9.17) is 9.68 Å². The maximum atomic E-state index is 11.9. The van der Waals surface area contributed by atoms with Gasteiger partial charge >= 0.3 is 0 Å². The SMILES string of the molecule is N#C[C@H](C(=O)c1ccco1)c1ccccc1. The molecule has 3 nitrogen and oxygen atoms in total. The standard InChI is InChI=1S/C13H9NO2/c14-9-11(10-5-2-1-3-6-10)13(15)12-7-4-8-16-12/h1-8,11H/t11-/m0/s1. The Labute approximate surface area is 92.9 Å². The Morgan fingerprint density at radius 3 is 2.50 bits per heavy atom. The molecule has 78 valence electrons. The first-order chi connectivity index (χ1) is 7.83. The number of rotatable bonds is 3. The first-order valence-corrected chi connectivity index (χ1v) is 4.85. The van der Waals surface area contributed by atoms with Crippen LogP contribution in [0.2, 0.25) is 0 Å². The lowest BCUT2D eigenvalue weighted by Crippen LogP contribution is -2.10. The molecular formula is C13H9NO2. The van der Waals surface area contributed by atoms with Gasteiger partial charge in [-0.1, -0.05) is 30.3 Å². The molecule has 16 heavy (non-hydrogen) atoms. The predicted molar refractivity (Wildman–Crippen MR) is 57.8 cm³/mol. The number of nitrogens with zero attached hydrogens (tertiary/aromatic N) is 1. The third kappa shape index (κ3) is 1.86. The highest BCUT2D eigenvalue weighted by molar-refractivity contribution is 6.00. The molecule has 0 fully saturated rings. The minimum Gasteiger partial charge on any atom is -0.461 e. The highest BCUT2D eigenvalue weighted by Crippen LogP contribution is 2.20. The van der Waals surface area contributed by atoms with Crippen LogP contribution < -0.4 is 0 Å². The number of hydrogen-bond donors (Lipinski definition) is 0. The van der Waals surface area contributed by atoms with Gasteiger partial charge in [0, 0.05) is 0 Å². The summed E-state index contributed by atoms with van der Waals surface area (Å²) < 4.78 is 5.00. The lowest BCUT2D eigenvalue weighted by molar-refractivity contribution is 0.0952. The van der Waals surface area contributed by atoms with Crippen LogP contribution in [0.5, 0.6) is 0 Å². The van der Waals surface area contributed by atoms with Crippen LogP contribution in [0.3, 0.4) is 0 Å². The van der Waals surface area contributed by atoms with Crippen LogP contribution in [0.1, 0.15) is 22.0 Å². The van der Waals surface area contributed by atoms with Gasteiger partial charge in [-0.15, -0.1) is 0 Å². The van der Waals surface area contributed by atoms with Crippen molar-refractivity contribution in [2.24, 2.45) is 0 Å². The molecule has 0 aliphatic heterocycles. The van der Waals surface area contributed by atoms with Gasteiger partial charge in [-0.3, -0.25) is 4.79 Å². The van der Waals surface area contributed by atoms with Gasteiger partial charge in [-0.2, -0.15) is 5.26 Å². The lowest BCUT2D eigenvalue weighted by Gasteiger charge is -2.05. The molecule has 0 N–H and O–H groups in total. The van der Waals surface area contributed by atoms with Crippen molar-refractivity contribution in [2.45, 2.75) is 5.92 Å². The van der Waals surface area contributed by atoms with Crippen molar-refractivity contribution >= 4 is 5.78 Å². The quantitative estimate of drug-likeness (QED) is 0.733. The Hall–Kier alpha value is -2.34. The fraction of sp³-hybridized carbons (Fsp3) is 0.0769. The Balaban J connectivity index is 2.32. The van der Waals surface area contributed by atoms with E-state index < -0.39 is 5.92 Å². The molecule has 1 aromatic heterocycles. The molecule has 0 aliphatic rings. The summed E-state index contributed by atoms with van der Waals surface area (Å²) in [6.45, 7) is 0. The molecule has 0 bridgehead atoms. The molecule has 1 heterocycles.